The lowest BCUT2D eigenvalue weighted by Gasteiger charge is -2.29. The smallest absolute Gasteiger partial charge is 0.335 e. The van der Waals surface area contributed by atoms with Crippen molar-refractivity contribution in [3.63, 3.8) is 0 Å². The van der Waals surface area contributed by atoms with Crippen molar-refractivity contribution in [2.24, 2.45) is 5.73 Å². The molecule has 8 aromatic heterocycles. The number of primary amides is 1. The molecule has 11 rings (SSSR count). The van der Waals surface area contributed by atoms with Crippen LogP contribution in [0.15, 0.2) is 159 Å². The molecule has 0 radical (unpaired) electrons. The molecule has 1 aliphatic rings. The van der Waals surface area contributed by atoms with Crippen molar-refractivity contribution in [1.29, 1.82) is 0 Å². The number of nitrogens with zero attached hydrogens (tertiary/aromatic N) is 9. The van der Waals surface area contributed by atoms with Crippen molar-refractivity contribution in [1.82, 2.24) is 33.9 Å². The SMILES string of the molecule is CN(C)c1cn(CC(=O)c2ccco2)c(=O)cc1-c1cc(NCc2ccc(Cl)s2)n(C(=O)c2cccc(C(=O)O)c2)n1.NC(=O)c1cccc(C(=O)n2nc(-c3cc(N4CCOCC4)c(=O)n(CCc4ccon4)c3)cc2NCc2ccc(Cl)s2)c1. The number of rotatable bonds is 20. The first-order valence-electron chi connectivity index (χ1n) is 26.4. The first-order valence-corrected chi connectivity index (χ1v) is 28.8. The number of amides is 1. The molecule has 0 spiro atoms. The lowest BCUT2D eigenvalue weighted by Crippen LogP contribution is -2.40. The van der Waals surface area contributed by atoms with Crippen molar-refractivity contribution in [3.05, 3.63) is 213 Å². The number of hydrogen-bond acceptors (Lipinski definition) is 19. The molecule has 1 aliphatic heterocycles. The number of thiophene rings is 2. The van der Waals surface area contributed by atoms with Crippen LogP contribution in [0.3, 0.4) is 0 Å². The average molecular weight is 1240 g/mol. The molecule has 1 saturated heterocycles. The quantitative estimate of drug-likeness (QED) is 0.0518. The topological polar surface area (TPSA) is 290 Å². The summed E-state index contributed by atoms with van der Waals surface area (Å²) >= 11 is 15.0. The van der Waals surface area contributed by atoms with Crippen LogP contribution >= 0.6 is 45.9 Å². The minimum atomic E-state index is -1.17. The van der Waals surface area contributed by atoms with Crippen LogP contribution in [0.25, 0.3) is 22.5 Å². The van der Waals surface area contributed by atoms with E-state index in [0.29, 0.717) is 107 Å². The summed E-state index contributed by atoms with van der Waals surface area (Å²) in [6, 6.07) is 30.6. The number of morpholine rings is 1. The predicted octanol–water partition coefficient (Wildman–Crippen LogP) is 8.86. The highest BCUT2D eigenvalue weighted by Crippen LogP contribution is 2.32. The van der Waals surface area contributed by atoms with Crippen LogP contribution < -0.4 is 37.3 Å². The fourth-order valence-electron chi connectivity index (χ4n) is 9.16. The van der Waals surface area contributed by atoms with Gasteiger partial charge in [0.25, 0.3) is 22.9 Å². The second-order valence-corrected chi connectivity index (χ2v) is 23.1. The van der Waals surface area contributed by atoms with Crippen LogP contribution in [0, 0.1) is 0 Å². The molecule has 0 bridgehead atoms. The fraction of sp³-hybridized carbons (Fsp3) is 0.186. The molecule has 27 heteroatoms. The number of aromatic carboxylic acids is 1. The Morgan fingerprint density at radius 2 is 1.33 bits per heavy atom. The molecule has 0 saturated carbocycles. The molecule has 1 amide bonds. The normalized spacial score (nSPS) is 12.1. The van der Waals surface area contributed by atoms with Gasteiger partial charge in [0.1, 0.15) is 23.6 Å². The zero-order valence-corrected chi connectivity index (χ0v) is 49.0. The summed E-state index contributed by atoms with van der Waals surface area (Å²) in [5.41, 5.74) is 9.06. The summed E-state index contributed by atoms with van der Waals surface area (Å²) in [6.07, 6.45) is 6.66. The van der Waals surface area contributed by atoms with E-state index in [1.54, 1.807) is 90.6 Å². The first kappa shape index (κ1) is 59.5. The molecule has 0 aliphatic carbocycles. The Morgan fingerprint density at radius 1 is 0.709 bits per heavy atom. The Balaban J connectivity index is 0.000000191. The van der Waals surface area contributed by atoms with E-state index in [9.17, 15) is 38.7 Å². The standard InChI is InChI=1S/C30H28ClN7O5S.C29H24ClN5O6S/c31-26-5-4-23(44-26)17-33-27-16-24(34-38(27)29(40)20-3-1-2-19(14-20)28(32)39)21-15-25(36-9-12-42-13-10-36)30(41)37(18-21)8-6-22-7-11-43-35-22;1-33(2)22-15-34(16-23(36)24-7-4-10-41-24)27(37)12-20(22)21-13-26(31-14-19-8-9-25(30)42-19)35(32-21)28(38)17-5-3-6-18(11-17)29(39)40/h1-5,7,11,14-16,18,33H,6,8-10,12-13,17H2,(H2,32,39);3-13,15,31H,14,16H2,1-2H3,(H,39,40). The highest BCUT2D eigenvalue weighted by Gasteiger charge is 2.25. The predicted molar refractivity (Wildman–Crippen MR) is 326 cm³/mol. The minimum Gasteiger partial charge on any atom is -0.478 e. The number of furan rings is 1. The molecule has 10 aromatic rings. The zero-order valence-electron chi connectivity index (χ0n) is 45.8. The number of aromatic nitrogens is 7. The zero-order chi connectivity index (χ0) is 60.6. The fourth-order valence-corrected chi connectivity index (χ4v) is 11.2. The van der Waals surface area contributed by atoms with Gasteiger partial charge in [-0.05, 0) is 78.9 Å². The summed E-state index contributed by atoms with van der Waals surface area (Å²) < 4.78 is 22.2. The molecular formula is C59H52Cl2N12O11S2. The minimum absolute atomic E-state index is 0.0430. The van der Waals surface area contributed by atoms with Crippen molar-refractivity contribution < 1.29 is 42.8 Å². The summed E-state index contributed by atoms with van der Waals surface area (Å²) in [5, 5.41) is 29.1. The molecule has 5 N–H and O–H groups in total. The van der Waals surface area contributed by atoms with E-state index in [2.05, 4.69) is 20.9 Å². The van der Waals surface area contributed by atoms with E-state index >= 15 is 0 Å². The molecule has 0 atom stereocenters. The van der Waals surface area contributed by atoms with Gasteiger partial charge >= 0.3 is 5.97 Å². The van der Waals surface area contributed by atoms with Gasteiger partial charge in [-0.3, -0.25) is 28.8 Å². The number of ketones is 1. The second-order valence-electron chi connectivity index (χ2n) is 19.5. The third-order valence-corrected chi connectivity index (χ3v) is 15.9. The van der Waals surface area contributed by atoms with E-state index in [1.165, 1.54) is 86.9 Å². The molecular weight excluding hydrogens is 1190 g/mol. The summed E-state index contributed by atoms with van der Waals surface area (Å²) in [5.74, 6) is -2.31. The Labute approximate surface area is 507 Å². The number of carbonyl (C=O) groups is 5. The molecule has 86 heavy (non-hydrogen) atoms. The van der Waals surface area contributed by atoms with Crippen LogP contribution in [0.4, 0.5) is 23.0 Å². The number of hydrogen-bond donors (Lipinski definition) is 4. The number of carboxylic acids is 1. The van der Waals surface area contributed by atoms with E-state index in [1.807, 2.05) is 23.1 Å². The number of pyridine rings is 2. The number of aryl methyl sites for hydroxylation is 2. The number of ether oxygens (including phenoxy) is 1. The van der Waals surface area contributed by atoms with Crippen molar-refractivity contribution in [2.45, 2.75) is 32.6 Å². The molecule has 9 heterocycles. The maximum absolute atomic E-state index is 13.8. The summed E-state index contributed by atoms with van der Waals surface area (Å²) in [6.45, 7) is 3.03. The van der Waals surface area contributed by atoms with Crippen LogP contribution in [-0.4, -0.2) is 109 Å². The lowest BCUT2D eigenvalue weighted by molar-refractivity contribution is 0.0696. The van der Waals surface area contributed by atoms with Gasteiger partial charge in [-0.2, -0.15) is 19.6 Å². The van der Waals surface area contributed by atoms with Gasteiger partial charge in [0, 0.05) is 114 Å². The number of Topliss-reactive ketones (excluding diaryl/α,β-unsaturated/α-hetero) is 1. The maximum atomic E-state index is 13.8. The molecule has 1 fully saturated rings. The van der Waals surface area contributed by atoms with Gasteiger partial charge in [0.15, 0.2) is 5.76 Å². The van der Waals surface area contributed by atoms with Crippen LogP contribution in [0.2, 0.25) is 8.67 Å². The molecule has 23 nitrogen and oxygen atoms in total. The Kier molecular flexibility index (Phi) is 18.3. The van der Waals surface area contributed by atoms with Crippen LogP contribution in [0.1, 0.15) is 67.4 Å². The monoisotopic (exact) mass is 1240 g/mol. The summed E-state index contributed by atoms with van der Waals surface area (Å²) in [4.78, 5) is 95.7. The van der Waals surface area contributed by atoms with Crippen LogP contribution in [0.5, 0.6) is 0 Å². The van der Waals surface area contributed by atoms with Gasteiger partial charge in [-0.15, -0.1) is 22.7 Å². The number of anilines is 4. The Bertz CT molecular complexity index is 4250. The van der Waals surface area contributed by atoms with Crippen molar-refractivity contribution in [3.8, 4) is 22.5 Å². The number of halogens is 2. The highest BCUT2D eigenvalue weighted by atomic mass is 35.5. The van der Waals surface area contributed by atoms with E-state index < -0.39 is 29.3 Å². The van der Waals surface area contributed by atoms with Gasteiger partial charge in [-0.1, -0.05) is 40.5 Å². The second kappa shape index (κ2) is 26.5. The first-order chi connectivity index (χ1) is 41.5. The largest absolute Gasteiger partial charge is 0.478 e. The van der Waals surface area contributed by atoms with Crippen molar-refractivity contribution >= 4 is 98.4 Å². The summed E-state index contributed by atoms with van der Waals surface area (Å²) in [7, 11) is 3.56. The lowest BCUT2D eigenvalue weighted by atomic mass is 10.1. The van der Waals surface area contributed by atoms with E-state index in [0.717, 1.165) is 20.1 Å². The maximum Gasteiger partial charge on any atom is 0.335 e. The van der Waals surface area contributed by atoms with Gasteiger partial charge in [-0.25, -0.2) is 4.79 Å². The van der Waals surface area contributed by atoms with Gasteiger partial charge in [0.2, 0.25) is 11.7 Å². The van der Waals surface area contributed by atoms with Gasteiger partial charge in [0.05, 0.1) is 76.1 Å². The number of carboxylic acid groups (broad SMARTS) is 1. The number of benzene rings is 2. The van der Waals surface area contributed by atoms with E-state index in [4.69, 9.17) is 47.7 Å². The average Bonchev–Trinajstić information content (AvgIpc) is 2.69. The van der Waals surface area contributed by atoms with E-state index in [-0.39, 0.29) is 45.9 Å². The molecule has 0 unspecified atom stereocenters. The molecule has 440 valence electrons. The van der Waals surface area contributed by atoms with Crippen LogP contribution in [-0.2, 0) is 37.3 Å². The number of nitrogens with one attached hydrogen (secondary N) is 2. The van der Waals surface area contributed by atoms with Crippen molar-refractivity contribution in [2.75, 3.05) is 60.8 Å². The number of nitrogens with two attached hydrogens (primary N) is 1. The van der Waals surface area contributed by atoms with Gasteiger partial charge < -0.3 is 54.1 Å². The third kappa shape index (κ3) is 13.9. The highest BCUT2D eigenvalue weighted by molar-refractivity contribution is 7.16. The molecule has 2 aromatic carbocycles. The Morgan fingerprint density at radius 3 is 1.90 bits per heavy atom. The third-order valence-electron chi connectivity index (χ3n) is 13.5. The Hall–Kier alpha value is -9.66. The number of carbonyl (C=O) groups excluding carboxylic acids is 4.